The van der Waals surface area contributed by atoms with E-state index in [1.54, 1.807) is 0 Å². The number of hydrogen-bond acceptors (Lipinski definition) is 3. The van der Waals surface area contributed by atoms with Gasteiger partial charge in [-0.3, -0.25) is 9.69 Å². The van der Waals surface area contributed by atoms with Gasteiger partial charge in [0.05, 0.1) is 8.67 Å². The lowest BCUT2D eigenvalue weighted by Gasteiger charge is -2.37. The lowest BCUT2D eigenvalue weighted by molar-refractivity contribution is -0.145. The minimum Gasteiger partial charge on any atom is -0.480 e. The summed E-state index contributed by atoms with van der Waals surface area (Å²) in [4.78, 5) is 13.3. The van der Waals surface area contributed by atoms with Crippen LogP contribution in [0.1, 0.15) is 37.8 Å². The van der Waals surface area contributed by atoms with Crippen LogP contribution in [-0.4, -0.2) is 28.6 Å². The second kappa shape index (κ2) is 5.78. The molecule has 0 radical (unpaired) electrons. The summed E-state index contributed by atoms with van der Waals surface area (Å²) in [7, 11) is 0. The van der Waals surface area contributed by atoms with Crippen molar-refractivity contribution in [3.63, 3.8) is 0 Å². The third-order valence-corrected chi connectivity index (χ3v) is 4.98. The number of carboxylic acid groups (broad SMARTS) is 1. The van der Waals surface area contributed by atoms with Gasteiger partial charge in [0.2, 0.25) is 0 Å². The first kappa shape index (κ1) is 14.1. The van der Waals surface area contributed by atoms with Crippen molar-refractivity contribution in [3.8, 4) is 0 Å². The Morgan fingerprint density at radius 1 is 1.56 bits per heavy atom. The van der Waals surface area contributed by atoms with Crippen LogP contribution in [0.4, 0.5) is 0 Å². The van der Waals surface area contributed by atoms with Crippen LogP contribution in [-0.2, 0) is 4.79 Å². The van der Waals surface area contributed by atoms with Gasteiger partial charge in [-0.05, 0) is 32.4 Å². The molecule has 100 valence electrons. The summed E-state index contributed by atoms with van der Waals surface area (Å²) in [5.74, 6) is -0.751. The van der Waals surface area contributed by atoms with E-state index in [1.807, 2.05) is 17.9 Å². The molecule has 6 heteroatoms. The van der Waals surface area contributed by atoms with E-state index in [1.165, 1.54) is 11.3 Å². The molecule has 2 unspecified atom stereocenters. The number of thiophene rings is 1. The fourth-order valence-electron chi connectivity index (χ4n) is 2.50. The van der Waals surface area contributed by atoms with Crippen molar-refractivity contribution in [3.05, 3.63) is 20.3 Å². The van der Waals surface area contributed by atoms with Crippen molar-refractivity contribution in [2.24, 2.45) is 0 Å². The molecule has 3 nitrogen and oxygen atoms in total. The van der Waals surface area contributed by atoms with Crippen LogP contribution in [0.15, 0.2) is 6.07 Å². The maximum Gasteiger partial charge on any atom is 0.320 e. The molecule has 18 heavy (non-hydrogen) atoms. The maximum atomic E-state index is 11.3. The number of piperidine rings is 1. The monoisotopic (exact) mass is 307 g/mol. The first-order valence-corrected chi connectivity index (χ1v) is 7.51. The molecule has 0 aliphatic carbocycles. The minimum atomic E-state index is -0.751. The van der Waals surface area contributed by atoms with Crippen LogP contribution < -0.4 is 0 Å². The van der Waals surface area contributed by atoms with Gasteiger partial charge in [-0.1, -0.05) is 29.6 Å². The Hall–Kier alpha value is -0.290. The van der Waals surface area contributed by atoms with Crippen molar-refractivity contribution >= 4 is 40.5 Å². The summed E-state index contributed by atoms with van der Waals surface area (Å²) < 4.78 is 1.30. The molecule has 2 rings (SSSR count). The highest BCUT2D eigenvalue weighted by molar-refractivity contribution is 7.20. The quantitative estimate of drug-likeness (QED) is 0.915. The van der Waals surface area contributed by atoms with E-state index in [0.29, 0.717) is 15.1 Å². The number of carboxylic acids is 1. The molecule has 0 aromatic carbocycles. The summed E-state index contributed by atoms with van der Waals surface area (Å²) in [6.07, 6.45) is 2.71. The predicted octanol–water partition coefficient (Wildman–Crippen LogP) is 4.06. The van der Waals surface area contributed by atoms with Crippen LogP contribution in [0.3, 0.4) is 0 Å². The lowest BCUT2D eigenvalue weighted by atomic mass is 9.98. The summed E-state index contributed by atoms with van der Waals surface area (Å²) in [6, 6.07) is 1.42. The van der Waals surface area contributed by atoms with E-state index in [2.05, 4.69) is 0 Å². The molecule has 2 atom stereocenters. The lowest BCUT2D eigenvalue weighted by Crippen LogP contribution is -2.45. The van der Waals surface area contributed by atoms with Gasteiger partial charge < -0.3 is 5.11 Å². The predicted molar refractivity (Wildman–Crippen MR) is 74.7 cm³/mol. The Labute approximate surface area is 120 Å². The highest BCUT2D eigenvalue weighted by Crippen LogP contribution is 2.38. The SMILES string of the molecule is CC(c1cc(Cl)sc1Cl)N1CCCCC1C(=O)O. The van der Waals surface area contributed by atoms with Crippen molar-refractivity contribution in [1.29, 1.82) is 0 Å². The summed E-state index contributed by atoms with van der Waals surface area (Å²) in [5, 5.41) is 9.28. The molecule has 0 saturated carbocycles. The largest absolute Gasteiger partial charge is 0.480 e. The molecule has 0 spiro atoms. The average Bonchev–Trinajstić information content (AvgIpc) is 2.67. The van der Waals surface area contributed by atoms with Gasteiger partial charge in [-0.15, -0.1) is 11.3 Å². The molecule has 2 heterocycles. The Balaban J connectivity index is 2.23. The summed E-state index contributed by atoms with van der Waals surface area (Å²) in [6.45, 7) is 2.79. The highest BCUT2D eigenvalue weighted by atomic mass is 35.5. The number of hydrogen-bond donors (Lipinski definition) is 1. The van der Waals surface area contributed by atoms with Gasteiger partial charge in [0.15, 0.2) is 0 Å². The molecular formula is C12H15Cl2NO2S. The van der Waals surface area contributed by atoms with Crippen molar-refractivity contribution < 1.29 is 9.90 Å². The van der Waals surface area contributed by atoms with Gasteiger partial charge in [-0.2, -0.15) is 0 Å². The second-order valence-electron chi connectivity index (χ2n) is 4.54. The molecule has 1 N–H and O–H groups in total. The molecule has 1 aromatic rings. The van der Waals surface area contributed by atoms with E-state index in [9.17, 15) is 9.90 Å². The standard InChI is InChI=1S/C12H15Cl2NO2S/c1-7(8-6-10(13)18-11(8)14)15-5-3-2-4-9(15)12(16)17/h6-7,9H,2-5H2,1H3,(H,16,17). The number of rotatable bonds is 3. The second-order valence-corrected chi connectivity index (χ2v) is 6.83. The van der Waals surface area contributed by atoms with Crippen LogP contribution in [0.25, 0.3) is 0 Å². The van der Waals surface area contributed by atoms with Crippen molar-refractivity contribution in [2.45, 2.75) is 38.3 Å². The normalized spacial score (nSPS) is 22.9. The van der Waals surface area contributed by atoms with Crippen molar-refractivity contribution in [1.82, 2.24) is 4.90 Å². The molecule has 0 amide bonds. The third kappa shape index (κ3) is 2.82. The average molecular weight is 308 g/mol. The number of nitrogens with zero attached hydrogens (tertiary/aromatic N) is 1. The smallest absolute Gasteiger partial charge is 0.320 e. The van der Waals surface area contributed by atoms with E-state index in [4.69, 9.17) is 23.2 Å². The number of carbonyl (C=O) groups is 1. The Morgan fingerprint density at radius 3 is 2.83 bits per heavy atom. The molecule has 1 aliphatic heterocycles. The molecule has 1 saturated heterocycles. The van der Waals surface area contributed by atoms with E-state index >= 15 is 0 Å². The number of aliphatic carboxylic acids is 1. The first-order chi connectivity index (χ1) is 8.50. The minimum absolute atomic E-state index is 0.0114. The van der Waals surface area contributed by atoms with Crippen LogP contribution in [0, 0.1) is 0 Å². The molecule has 1 fully saturated rings. The number of likely N-dealkylation sites (tertiary alicyclic amines) is 1. The van der Waals surface area contributed by atoms with Gasteiger partial charge in [0.25, 0.3) is 0 Å². The first-order valence-electron chi connectivity index (χ1n) is 5.94. The molecule has 0 bridgehead atoms. The van der Waals surface area contributed by atoms with Crippen molar-refractivity contribution in [2.75, 3.05) is 6.54 Å². The van der Waals surface area contributed by atoms with E-state index in [-0.39, 0.29) is 6.04 Å². The zero-order valence-electron chi connectivity index (χ0n) is 10.0. The Kier molecular flexibility index (Phi) is 4.54. The molecule has 1 aromatic heterocycles. The fraction of sp³-hybridized carbons (Fsp3) is 0.583. The zero-order valence-corrected chi connectivity index (χ0v) is 12.4. The van der Waals surface area contributed by atoms with E-state index < -0.39 is 12.0 Å². The fourth-order valence-corrected chi connectivity index (χ4v) is 4.13. The molecular weight excluding hydrogens is 293 g/mol. The number of halogens is 2. The molecule has 1 aliphatic rings. The van der Waals surface area contributed by atoms with Gasteiger partial charge >= 0.3 is 5.97 Å². The maximum absolute atomic E-state index is 11.3. The van der Waals surface area contributed by atoms with Crippen LogP contribution in [0.5, 0.6) is 0 Å². The van der Waals surface area contributed by atoms with Crippen LogP contribution >= 0.6 is 34.5 Å². The Bertz CT molecular complexity index is 449. The third-order valence-electron chi connectivity index (χ3n) is 3.46. The van der Waals surface area contributed by atoms with Gasteiger partial charge in [-0.25, -0.2) is 0 Å². The summed E-state index contributed by atoms with van der Waals surface area (Å²) in [5.41, 5.74) is 0.930. The zero-order chi connectivity index (χ0) is 13.3. The van der Waals surface area contributed by atoms with Gasteiger partial charge in [0, 0.05) is 11.6 Å². The summed E-state index contributed by atoms with van der Waals surface area (Å²) >= 11 is 13.4. The highest BCUT2D eigenvalue weighted by Gasteiger charge is 2.33. The Morgan fingerprint density at radius 2 is 2.28 bits per heavy atom. The topological polar surface area (TPSA) is 40.5 Å². The van der Waals surface area contributed by atoms with E-state index in [0.717, 1.165) is 24.9 Å². The van der Waals surface area contributed by atoms with Gasteiger partial charge in [0.1, 0.15) is 6.04 Å². The van der Waals surface area contributed by atoms with Crippen LogP contribution in [0.2, 0.25) is 8.67 Å².